The standard InChI is InChI=1S/C11H14O2/c1-8-3-4-9(13-2)7-10(8)11(12)5-6-11/h3-4,7,12H,5-6H2,1-2H3. The van der Waals surface area contributed by atoms with Gasteiger partial charge in [0.1, 0.15) is 5.75 Å². The van der Waals surface area contributed by atoms with Gasteiger partial charge in [0, 0.05) is 0 Å². The summed E-state index contributed by atoms with van der Waals surface area (Å²) in [6, 6.07) is 5.84. The first-order valence-corrected chi connectivity index (χ1v) is 4.53. The third-order valence-corrected chi connectivity index (χ3v) is 2.67. The van der Waals surface area contributed by atoms with Gasteiger partial charge in [-0.1, -0.05) is 6.07 Å². The number of hydrogen-bond acceptors (Lipinski definition) is 2. The van der Waals surface area contributed by atoms with E-state index in [0.717, 1.165) is 29.7 Å². The first kappa shape index (κ1) is 8.57. The highest BCUT2D eigenvalue weighted by atomic mass is 16.5. The summed E-state index contributed by atoms with van der Waals surface area (Å²) in [6.07, 6.45) is 1.75. The average Bonchev–Trinajstić information content (AvgIpc) is 2.86. The lowest BCUT2D eigenvalue weighted by atomic mass is 10.0. The summed E-state index contributed by atoms with van der Waals surface area (Å²) < 4.78 is 5.12. The Morgan fingerprint density at radius 1 is 1.38 bits per heavy atom. The molecule has 0 saturated heterocycles. The quantitative estimate of drug-likeness (QED) is 0.750. The minimum atomic E-state index is -0.557. The average molecular weight is 178 g/mol. The van der Waals surface area contributed by atoms with Crippen LogP contribution in [0.4, 0.5) is 0 Å². The molecule has 1 fully saturated rings. The maximum atomic E-state index is 9.95. The molecule has 1 aromatic rings. The van der Waals surface area contributed by atoms with Crippen molar-refractivity contribution in [1.82, 2.24) is 0 Å². The Balaban J connectivity index is 2.43. The van der Waals surface area contributed by atoms with E-state index in [1.807, 2.05) is 25.1 Å². The molecule has 1 saturated carbocycles. The van der Waals surface area contributed by atoms with E-state index < -0.39 is 5.60 Å². The van der Waals surface area contributed by atoms with Crippen LogP contribution in [0.15, 0.2) is 18.2 Å². The van der Waals surface area contributed by atoms with Crippen molar-refractivity contribution < 1.29 is 9.84 Å². The van der Waals surface area contributed by atoms with Gasteiger partial charge >= 0.3 is 0 Å². The molecule has 0 aliphatic heterocycles. The van der Waals surface area contributed by atoms with E-state index >= 15 is 0 Å². The molecule has 0 spiro atoms. The maximum absolute atomic E-state index is 9.95. The van der Waals surface area contributed by atoms with Gasteiger partial charge in [-0.2, -0.15) is 0 Å². The van der Waals surface area contributed by atoms with Crippen LogP contribution in [-0.2, 0) is 5.60 Å². The molecule has 1 N–H and O–H groups in total. The predicted molar refractivity (Wildman–Crippen MR) is 50.9 cm³/mol. The molecule has 0 bridgehead atoms. The van der Waals surface area contributed by atoms with E-state index in [4.69, 9.17) is 4.74 Å². The van der Waals surface area contributed by atoms with Crippen LogP contribution < -0.4 is 4.74 Å². The van der Waals surface area contributed by atoms with E-state index in [2.05, 4.69) is 0 Å². The lowest BCUT2D eigenvalue weighted by molar-refractivity contribution is 0.150. The highest BCUT2D eigenvalue weighted by Crippen LogP contribution is 2.47. The molecule has 70 valence electrons. The number of aryl methyl sites for hydroxylation is 1. The van der Waals surface area contributed by atoms with Crippen LogP contribution in [0.5, 0.6) is 5.75 Å². The molecule has 2 nitrogen and oxygen atoms in total. The van der Waals surface area contributed by atoms with Crippen LogP contribution in [-0.4, -0.2) is 12.2 Å². The topological polar surface area (TPSA) is 29.5 Å². The molecule has 0 unspecified atom stereocenters. The molecular formula is C11H14O2. The summed E-state index contributed by atoms with van der Waals surface area (Å²) in [4.78, 5) is 0. The van der Waals surface area contributed by atoms with Crippen molar-refractivity contribution in [3.63, 3.8) is 0 Å². The number of hydrogen-bond donors (Lipinski definition) is 1. The van der Waals surface area contributed by atoms with Crippen molar-refractivity contribution >= 4 is 0 Å². The van der Waals surface area contributed by atoms with Gasteiger partial charge in [0.2, 0.25) is 0 Å². The SMILES string of the molecule is COc1ccc(C)c(C2(O)CC2)c1. The Kier molecular flexibility index (Phi) is 1.81. The fourth-order valence-corrected chi connectivity index (χ4v) is 1.62. The first-order chi connectivity index (χ1) is 6.15. The number of aliphatic hydroxyl groups is 1. The molecule has 0 amide bonds. The summed E-state index contributed by atoms with van der Waals surface area (Å²) in [5, 5.41) is 9.95. The molecule has 2 heteroatoms. The molecular weight excluding hydrogens is 164 g/mol. The smallest absolute Gasteiger partial charge is 0.119 e. The second-order valence-electron chi connectivity index (χ2n) is 3.71. The van der Waals surface area contributed by atoms with Crippen LogP contribution in [0.1, 0.15) is 24.0 Å². The summed E-state index contributed by atoms with van der Waals surface area (Å²) in [7, 11) is 1.64. The fourth-order valence-electron chi connectivity index (χ4n) is 1.62. The number of rotatable bonds is 2. The Morgan fingerprint density at radius 3 is 2.62 bits per heavy atom. The van der Waals surface area contributed by atoms with E-state index in [1.165, 1.54) is 0 Å². The minimum absolute atomic E-state index is 0.557. The van der Waals surface area contributed by atoms with Crippen molar-refractivity contribution in [1.29, 1.82) is 0 Å². The van der Waals surface area contributed by atoms with Crippen LogP contribution in [0.2, 0.25) is 0 Å². The molecule has 0 radical (unpaired) electrons. The maximum Gasteiger partial charge on any atom is 0.119 e. The monoisotopic (exact) mass is 178 g/mol. The molecule has 1 aliphatic rings. The molecule has 0 heterocycles. The zero-order valence-electron chi connectivity index (χ0n) is 8.00. The molecule has 1 aliphatic carbocycles. The van der Waals surface area contributed by atoms with Gasteiger partial charge < -0.3 is 9.84 Å². The molecule has 1 aromatic carbocycles. The van der Waals surface area contributed by atoms with Crippen molar-refractivity contribution in [2.75, 3.05) is 7.11 Å². The van der Waals surface area contributed by atoms with Crippen LogP contribution >= 0.6 is 0 Å². The van der Waals surface area contributed by atoms with Crippen LogP contribution in [0, 0.1) is 6.92 Å². The van der Waals surface area contributed by atoms with Gasteiger partial charge in [0.15, 0.2) is 0 Å². The minimum Gasteiger partial charge on any atom is -0.497 e. The van der Waals surface area contributed by atoms with E-state index in [9.17, 15) is 5.11 Å². The summed E-state index contributed by atoms with van der Waals surface area (Å²) in [5.74, 6) is 0.820. The van der Waals surface area contributed by atoms with Gasteiger partial charge in [-0.15, -0.1) is 0 Å². The zero-order chi connectivity index (χ0) is 9.47. The lowest BCUT2D eigenvalue weighted by Gasteiger charge is -2.12. The Bertz CT molecular complexity index is 327. The van der Waals surface area contributed by atoms with Crippen molar-refractivity contribution in [2.45, 2.75) is 25.4 Å². The Morgan fingerprint density at radius 2 is 2.08 bits per heavy atom. The lowest BCUT2D eigenvalue weighted by Crippen LogP contribution is -2.06. The molecule has 0 aromatic heterocycles. The van der Waals surface area contributed by atoms with E-state index in [-0.39, 0.29) is 0 Å². The van der Waals surface area contributed by atoms with Crippen molar-refractivity contribution in [3.05, 3.63) is 29.3 Å². The van der Waals surface area contributed by atoms with E-state index in [1.54, 1.807) is 7.11 Å². The second kappa shape index (κ2) is 2.74. The van der Waals surface area contributed by atoms with Crippen molar-refractivity contribution in [3.8, 4) is 5.75 Å². The zero-order valence-corrected chi connectivity index (χ0v) is 8.00. The number of methoxy groups -OCH3 is 1. The first-order valence-electron chi connectivity index (χ1n) is 4.53. The number of ether oxygens (including phenoxy) is 1. The molecule has 13 heavy (non-hydrogen) atoms. The van der Waals surface area contributed by atoms with E-state index in [0.29, 0.717) is 0 Å². The Hall–Kier alpha value is -1.02. The highest BCUT2D eigenvalue weighted by Gasteiger charge is 2.43. The number of benzene rings is 1. The van der Waals surface area contributed by atoms with Gasteiger partial charge in [-0.3, -0.25) is 0 Å². The van der Waals surface area contributed by atoms with Crippen LogP contribution in [0.25, 0.3) is 0 Å². The van der Waals surface area contributed by atoms with Crippen LogP contribution in [0.3, 0.4) is 0 Å². The Labute approximate surface area is 78.2 Å². The summed E-state index contributed by atoms with van der Waals surface area (Å²) >= 11 is 0. The molecule has 2 rings (SSSR count). The fraction of sp³-hybridized carbons (Fsp3) is 0.455. The van der Waals surface area contributed by atoms with Gasteiger partial charge in [-0.25, -0.2) is 0 Å². The predicted octanol–water partition coefficient (Wildman–Crippen LogP) is 1.99. The summed E-state index contributed by atoms with van der Waals surface area (Å²) in [5.41, 5.74) is 1.60. The normalized spacial score (nSPS) is 18.4. The molecule has 0 atom stereocenters. The highest BCUT2D eigenvalue weighted by molar-refractivity contribution is 5.40. The van der Waals surface area contributed by atoms with Gasteiger partial charge in [-0.05, 0) is 43.0 Å². The largest absolute Gasteiger partial charge is 0.497 e. The second-order valence-corrected chi connectivity index (χ2v) is 3.71. The summed E-state index contributed by atoms with van der Waals surface area (Å²) in [6.45, 7) is 2.02. The van der Waals surface area contributed by atoms with Gasteiger partial charge in [0.05, 0.1) is 12.7 Å². The van der Waals surface area contributed by atoms with Crippen molar-refractivity contribution in [2.24, 2.45) is 0 Å². The third-order valence-electron chi connectivity index (χ3n) is 2.67. The van der Waals surface area contributed by atoms with Gasteiger partial charge in [0.25, 0.3) is 0 Å². The third kappa shape index (κ3) is 1.42.